The van der Waals surface area contributed by atoms with E-state index in [1.165, 1.54) is 16.7 Å². The Morgan fingerprint density at radius 1 is 1.03 bits per heavy atom. The van der Waals surface area contributed by atoms with E-state index in [4.69, 9.17) is 9.47 Å². The predicted molar refractivity (Wildman–Crippen MR) is 127 cm³/mol. The molecule has 7 nitrogen and oxygen atoms in total. The third kappa shape index (κ3) is 8.04. The number of ether oxygens (including phenoxy) is 2. The van der Waals surface area contributed by atoms with Gasteiger partial charge >= 0.3 is 12.2 Å². The van der Waals surface area contributed by atoms with Crippen molar-refractivity contribution >= 4 is 29.1 Å². The van der Waals surface area contributed by atoms with Crippen LogP contribution in [0.2, 0.25) is 0 Å². The molecule has 1 aromatic carbocycles. The van der Waals surface area contributed by atoms with Crippen LogP contribution in [0, 0.1) is 0 Å². The highest BCUT2D eigenvalue weighted by Crippen LogP contribution is 2.38. The van der Waals surface area contributed by atoms with Gasteiger partial charge in [0.1, 0.15) is 11.2 Å². The molecule has 1 aliphatic heterocycles. The molecule has 1 fully saturated rings. The standard InChI is InChI=1S/C24H36N2O5S/c1-16(27)32-19-13-20(26(15-19)22(29)31-24(5,6)7)18-11-9-17(10-12-18)14-25(8)21(28)30-23(2,3)4/h9-12,19-20H,13-15H2,1-8H3/t19-,20+/m0/s1. The molecule has 1 heterocycles. The molecule has 0 unspecified atom stereocenters. The number of thioether (sulfide) groups is 1. The van der Waals surface area contributed by atoms with Crippen LogP contribution in [0.15, 0.2) is 24.3 Å². The fourth-order valence-electron chi connectivity index (χ4n) is 3.48. The Hall–Kier alpha value is -2.22. The zero-order valence-corrected chi connectivity index (χ0v) is 21.2. The van der Waals surface area contributed by atoms with Crippen molar-refractivity contribution in [2.24, 2.45) is 0 Å². The highest BCUT2D eigenvalue weighted by atomic mass is 32.2. The number of nitrogens with zero attached hydrogens (tertiary/aromatic N) is 2. The van der Waals surface area contributed by atoms with Gasteiger partial charge in [-0.2, -0.15) is 0 Å². The van der Waals surface area contributed by atoms with E-state index in [0.717, 1.165) is 11.1 Å². The van der Waals surface area contributed by atoms with Crippen LogP contribution in [-0.2, 0) is 20.8 Å². The Bertz CT molecular complexity index is 826. The first-order chi connectivity index (χ1) is 14.6. The summed E-state index contributed by atoms with van der Waals surface area (Å²) in [5.41, 5.74) is 0.797. The summed E-state index contributed by atoms with van der Waals surface area (Å²) in [6.45, 7) is 13.5. The highest BCUT2D eigenvalue weighted by Gasteiger charge is 2.39. The average Bonchev–Trinajstić information content (AvgIpc) is 3.02. The molecule has 0 radical (unpaired) electrons. The average molecular weight is 465 g/mol. The molecular formula is C24H36N2O5S. The maximum absolute atomic E-state index is 12.8. The van der Waals surface area contributed by atoms with Crippen LogP contribution in [0.5, 0.6) is 0 Å². The molecule has 0 aliphatic carbocycles. The van der Waals surface area contributed by atoms with Crippen molar-refractivity contribution in [2.45, 2.75) is 83.9 Å². The summed E-state index contributed by atoms with van der Waals surface area (Å²) < 4.78 is 11.0. The minimum absolute atomic E-state index is 0.0306. The molecule has 8 heteroatoms. The number of carbonyl (C=O) groups excluding carboxylic acids is 3. The van der Waals surface area contributed by atoms with Crippen molar-refractivity contribution in [1.82, 2.24) is 9.80 Å². The Morgan fingerprint density at radius 2 is 1.59 bits per heavy atom. The molecule has 2 amide bonds. The molecule has 0 bridgehead atoms. The first-order valence-electron chi connectivity index (χ1n) is 10.8. The number of benzene rings is 1. The molecule has 178 valence electrons. The SMILES string of the molecule is CC(=O)S[C@H]1C[C@H](c2ccc(CN(C)C(=O)OC(C)(C)C)cc2)N(C(=O)OC(C)(C)C)C1. The summed E-state index contributed by atoms with van der Waals surface area (Å²) in [7, 11) is 1.70. The lowest BCUT2D eigenvalue weighted by atomic mass is 10.0. The van der Waals surface area contributed by atoms with Crippen LogP contribution in [0.1, 0.15) is 72.1 Å². The second-order valence-electron chi connectivity index (χ2n) is 10.2. The molecule has 2 atom stereocenters. The largest absolute Gasteiger partial charge is 0.444 e. The van der Waals surface area contributed by atoms with Gasteiger partial charge in [-0.15, -0.1) is 0 Å². The molecular weight excluding hydrogens is 428 g/mol. The van der Waals surface area contributed by atoms with Crippen LogP contribution in [0.25, 0.3) is 0 Å². The van der Waals surface area contributed by atoms with Gasteiger partial charge in [-0.05, 0) is 59.1 Å². The normalized spacial score (nSPS) is 18.9. The topological polar surface area (TPSA) is 76.2 Å². The molecule has 0 N–H and O–H groups in total. The second kappa shape index (κ2) is 10.1. The fraction of sp³-hybridized carbons (Fsp3) is 0.625. The first-order valence-corrected chi connectivity index (χ1v) is 11.7. The van der Waals surface area contributed by atoms with Gasteiger partial charge in [0.2, 0.25) is 0 Å². The van der Waals surface area contributed by atoms with E-state index in [1.807, 2.05) is 65.8 Å². The van der Waals surface area contributed by atoms with Crippen LogP contribution in [0.4, 0.5) is 9.59 Å². The highest BCUT2D eigenvalue weighted by molar-refractivity contribution is 8.14. The number of rotatable bonds is 4. The zero-order valence-electron chi connectivity index (χ0n) is 20.4. The lowest BCUT2D eigenvalue weighted by Gasteiger charge is -2.29. The molecule has 32 heavy (non-hydrogen) atoms. The van der Waals surface area contributed by atoms with Crippen molar-refractivity contribution in [2.75, 3.05) is 13.6 Å². The Balaban J connectivity index is 2.14. The van der Waals surface area contributed by atoms with Gasteiger partial charge in [-0.25, -0.2) is 9.59 Å². The third-order valence-electron chi connectivity index (χ3n) is 4.71. The van der Waals surface area contributed by atoms with E-state index in [9.17, 15) is 14.4 Å². The third-order valence-corrected chi connectivity index (χ3v) is 5.72. The van der Waals surface area contributed by atoms with Gasteiger partial charge in [0, 0.05) is 32.3 Å². The van der Waals surface area contributed by atoms with Gasteiger partial charge < -0.3 is 14.4 Å². The quantitative estimate of drug-likeness (QED) is 0.595. The van der Waals surface area contributed by atoms with Crippen molar-refractivity contribution in [3.05, 3.63) is 35.4 Å². The summed E-state index contributed by atoms with van der Waals surface area (Å²) >= 11 is 1.27. The first kappa shape index (κ1) is 26.0. The molecule has 1 saturated heterocycles. The Morgan fingerprint density at radius 3 is 2.09 bits per heavy atom. The van der Waals surface area contributed by atoms with Crippen molar-refractivity contribution in [3.8, 4) is 0 Å². The zero-order chi connectivity index (χ0) is 24.3. The maximum atomic E-state index is 12.8. The van der Waals surface area contributed by atoms with Crippen LogP contribution >= 0.6 is 11.8 Å². The molecule has 0 spiro atoms. The summed E-state index contributed by atoms with van der Waals surface area (Å²) in [5, 5.41) is 0.0725. The van der Waals surface area contributed by atoms with Gasteiger partial charge in [-0.1, -0.05) is 36.0 Å². The summed E-state index contributed by atoms with van der Waals surface area (Å²) in [6.07, 6.45) is -0.0684. The van der Waals surface area contributed by atoms with Gasteiger partial charge in [0.25, 0.3) is 0 Å². The minimum Gasteiger partial charge on any atom is -0.444 e. The second-order valence-corrected chi connectivity index (χ2v) is 11.7. The van der Waals surface area contributed by atoms with Gasteiger partial charge in [-0.3, -0.25) is 9.69 Å². The molecule has 1 aliphatic rings. The fourth-order valence-corrected chi connectivity index (χ4v) is 4.46. The number of hydrogen-bond donors (Lipinski definition) is 0. The van der Waals surface area contributed by atoms with Crippen LogP contribution < -0.4 is 0 Å². The van der Waals surface area contributed by atoms with E-state index < -0.39 is 11.2 Å². The van der Waals surface area contributed by atoms with E-state index in [0.29, 0.717) is 19.5 Å². The van der Waals surface area contributed by atoms with Crippen molar-refractivity contribution in [1.29, 1.82) is 0 Å². The summed E-state index contributed by atoms with van der Waals surface area (Å²) in [6, 6.07) is 7.69. The summed E-state index contributed by atoms with van der Waals surface area (Å²) in [4.78, 5) is 39.9. The smallest absolute Gasteiger partial charge is 0.410 e. The summed E-state index contributed by atoms with van der Waals surface area (Å²) in [5.74, 6) is 0. The molecule has 0 aromatic heterocycles. The molecule has 1 aromatic rings. The van der Waals surface area contributed by atoms with Gasteiger partial charge in [0.15, 0.2) is 5.12 Å². The predicted octanol–water partition coefficient (Wildman–Crippen LogP) is 5.38. The van der Waals surface area contributed by atoms with Gasteiger partial charge in [0.05, 0.1) is 6.04 Å². The van der Waals surface area contributed by atoms with Crippen LogP contribution in [0.3, 0.4) is 0 Å². The monoisotopic (exact) mass is 464 g/mol. The molecule has 2 rings (SSSR count). The van der Waals surface area contributed by atoms with E-state index in [2.05, 4.69) is 0 Å². The molecule has 0 saturated carbocycles. The van der Waals surface area contributed by atoms with Crippen molar-refractivity contribution in [3.63, 3.8) is 0 Å². The van der Waals surface area contributed by atoms with Crippen molar-refractivity contribution < 1.29 is 23.9 Å². The number of amides is 2. The Kier molecular flexibility index (Phi) is 8.26. The Labute approximate surface area is 195 Å². The number of carbonyl (C=O) groups is 3. The van der Waals surface area contributed by atoms with E-state index in [-0.39, 0.29) is 28.6 Å². The number of likely N-dealkylation sites (tertiary alicyclic amines) is 1. The lowest BCUT2D eigenvalue weighted by Crippen LogP contribution is -2.37. The lowest BCUT2D eigenvalue weighted by molar-refractivity contribution is -0.109. The number of hydrogen-bond acceptors (Lipinski definition) is 6. The van der Waals surface area contributed by atoms with Crippen LogP contribution in [-0.4, -0.2) is 57.1 Å². The maximum Gasteiger partial charge on any atom is 0.410 e. The minimum atomic E-state index is -0.594. The van der Waals surface area contributed by atoms with E-state index in [1.54, 1.807) is 18.9 Å². The van der Waals surface area contributed by atoms with E-state index >= 15 is 0 Å².